The van der Waals surface area contributed by atoms with E-state index in [-0.39, 0.29) is 0 Å². The second kappa shape index (κ2) is 48.2. The summed E-state index contributed by atoms with van der Waals surface area (Å²) in [7, 11) is 0. The molecule has 0 spiro atoms. The molecular formula is C87H144O6. The first-order valence-corrected chi connectivity index (χ1v) is 41.2. The number of hydrogen-bond acceptors (Lipinski definition) is 6. The Hall–Kier alpha value is -2.58. The monoisotopic (exact) mass is 1290 g/mol. The lowest BCUT2D eigenvalue weighted by atomic mass is 9.87. The van der Waals surface area contributed by atoms with Gasteiger partial charge in [0.25, 0.3) is 0 Å². The predicted molar refractivity (Wildman–Crippen MR) is 401 cm³/mol. The van der Waals surface area contributed by atoms with E-state index in [2.05, 4.69) is 41.5 Å². The summed E-state index contributed by atoms with van der Waals surface area (Å²) in [5.41, 5.74) is 17.7. The average Bonchev–Trinajstić information content (AvgIpc) is 1.50. The van der Waals surface area contributed by atoms with Gasteiger partial charge in [-0.3, -0.25) is 0 Å². The number of ether oxygens (including phenoxy) is 6. The first-order chi connectivity index (χ1) is 46.1. The largest absolute Gasteiger partial charge is 0.377 e. The molecule has 3 aliphatic carbocycles. The average molecular weight is 1290 g/mol. The fraction of sp³-hybridized carbons (Fsp3) is 0.793. The first-order valence-electron chi connectivity index (χ1n) is 41.2. The lowest BCUT2D eigenvalue weighted by Gasteiger charge is -2.20. The van der Waals surface area contributed by atoms with Crippen molar-refractivity contribution in [2.45, 2.75) is 409 Å². The van der Waals surface area contributed by atoms with Gasteiger partial charge in [0.2, 0.25) is 0 Å². The summed E-state index contributed by atoms with van der Waals surface area (Å²) in [6.07, 6.45) is 65.6. The van der Waals surface area contributed by atoms with Crippen molar-refractivity contribution in [3.05, 3.63) is 66.8 Å². The second-order valence-electron chi connectivity index (χ2n) is 29.7. The summed E-state index contributed by atoms with van der Waals surface area (Å²) in [5.74, 6) is 0. The number of unbranched alkanes of at least 4 members (excludes halogenated alkanes) is 42. The Labute approximate surface area is 572 Å². The van der Waals surface area contributed by atoms with Gasteiger partial charge in [-0.15, -0.1) is 0 Å². The third-order valence-corrected chi connectivity index (χ3v) is 22.0. The Morgan fingerprint density at radius 2 is 0.280 bits per heavy atom. The smallest absolute Gasteiger partial charge is 0.0723 e. The predicted octanol–water partition coefficient (Wildman–Crippen LogP) is 26.8. The SMILES string of the molecule is CCCCCCCCCCOCc1c(COCCCCCCCCCC)c2c3c4c1Cc1c(COCCCCCCCCCC)c(COCCCCCCCCCC)c5c(c14)c1c(c(COCCCCCCCCCC)c(COCCCCCCCCCC)c(c31)C2)C5. The van der Waals surface area contributed by atoms with Gasteiger partial charge in [0, 0.05) is 39.6 Å². The highest BCUT2D eigenvalue weighted by molar-refractivity contribution is 6.34. The minimum absolute atomic E-state index is 0.651. The molecule has 3 aliphatic rings. The van der Waals surface area contributed by atoms with E-state index in [0.29, 0.717) is 39.6 Å². The summed E-state index contributed by atoms with van der Waals surface area (Å²) >= 11 is 0. The Morgan fingerprint density at radius 1 is 0.161 bits per heavy atom. The fourth-order valence-corrected chi connectivity index (χ4v) is 16.4. The Kier molecular flexibility index (Phi) is 40.3. The zero-order valence-electron chi connectivity index (χ0n) is 62.0. The first kappa shape index (κ1) is 77.8. The van der Waals surface area contributed by atoms with E-state index >= 15 is 0 Å². The molecule has 0 aliphatic heterocycles. The molecule has 4 aromatic rings. The molecule has 528 valence electrons. The maximum Gasteiger partial charge on any atom is 0.0723 e. The number of benzene rings is 4. The molecule has 0 unspecified atom stereocenters. The molecule has 0 radical (unpaired) electrons. The van der Waals surface area contributed by atoms with Crippen LogP contribution in [0.15, 0.2) is 0 Å². The van der Waals surface area contributed by atoms with Gasteiger partial charge in [-0.1, -0.05) is 311 Å². The van der Waals surface area contributed by atoms with Crippen LogP contribution in [0, 0.1) is 0 Å². The molecule has 4 aromatic carbocycles. The summed E-state index contributed by atoms with van der Waals surface area (Å²) in [4.78, 5) is 0. The van der Waals surface area contributed by atoms with Crippen LogP contribution in [0.2, 0.25) is 0 Å². The van der Waals surface area contributed by atoms with Gasteiger partial charge in [0.15, 0.2) is 0 Å². The Bertz CT molecular complexity index is 2160. The minimum atomic E-state index is 0.651. The molecule has 0 bridgehead atoms. The van der Waals surface area contributed by atoms with Crippen LogP contribution in [0.3, 0.4) is 0 Å². The van der Waals surface area contributed by atoms with Crippen LogP contribution in [-0.4, -0.2) is 39.6 Å². The van der Waals surface area contributed by atoms with Crippen molar-refractivity contribution in [3.63, 3.8) is 0 Å². The summed E-state index contributed by atoms with van der Waals surface area (Å²) in [6.45, 7) is 22.7. The normalized spacial score (nSPS) is 13.0. The molecule has 0 saturated carbocycles. The molecule has 6 heteroatoms. The highest BCUT2D eigenvalue weighted by Crippen LogP contribution is 2.58. The van der Waals surface area contributed by atoms with Crippen LogP contribution in [0.4, 0.5) is 0 Å². The zero-order valence-corrected chi connectivity index (χ0v) is 62.0. The van der Waals surface area contributed by atoms with Crippen LogP contribution in [-0.2, 0) is 87.3 Å². The quantitative estimate of drug-likeness (QED) is 0.0280. The topological polar surface area (TPSA) is 55.4 Å². The standard InChI is InChI=1S/C87H144O6/c1-7-13-19-25-31-37-43-49-55-88-64-76-70-61-72-78(66-90-57-51-45-39-33-27-21-15-9-3)80(68-92-59-53-47-41-35-29-23-17-11-5)74-63-75-81(69-93-60-54-48-42-36-30-24-18-12-6)79(67-91-58-52-46-40-34-28-22-16-10-4)73-62-71(83-82(70)84(72)86(74)87(75)85(73)83)77(76)65-89-56-50-44-38-32-26-20-14-8-2/h7-69H2,1-6H3. The molecule has 0 amide bonds. The zero-order chi connectivity index (χ0) is 65.2. The van der Waals surface area contributed by atoms with Crippen molar-refractivity contribution in [3.8, 4) is 0 Å². The van der Waals surface area contributed by atoms with Gasteiger partial charge in [-0.2, -0.15) is 0 Å². The van der Waals surface area contributed by atoms with Gasteiger partial charge in [-0.05, 0) is 157 Å². The molecule has 6 nitrogen and oxygen atoms in total. The van der Waals surface area contributed by atoms with Crippen molar-refractivity contribution >= 4 is 32.3 Å². The lowest BCUT2D eigenvalue weighted by molar-refractivity contribution is 0.102. The van der Waals surface area contributed by atoms with Crippen molar-refractivity contribution < 1.29 is 28.4 Å². The molecule has 0 aromatic heterocycles. The van der Waals surface area contributed by atoms with Crippen LogP contribution in [0.1, 0.15) is 417 Å². The fourth-order valence-electron chi connectivity index (χ4n) is 16.4. The van der Waals surface area contributed by atoms with Crippen LogP contribution in [0.25, 0.3) is 32.3 Å². The van der Waals surface area contributed by atoms with E-state index in [1.807, 2.05) is 0 Å². The molecule has 0 fully saturated rings. The van der Waals surface area contributed by atoms with E-state index in [9.17, 15) is 0 Å². The molecule has 93 heavy (non-hydrogen) atoms. The van der Waals surface area contributed by atoms with Crippen molar-refractivity contribution in [1.82, 2.24) is 0 Å². The third-order valence-electron chi connectivity index (χ3n) is 22.0. The van der Waals surface area contributed by atoms with Crippen molar-refractivity contribution in [2.24, 2.45) is 0 Å². The van der Waals surface area contributed by atoms with E-state index < -0.39 is 0 Å². The van der Waals surface area contributed by atoms with Gasteiger partial charge in [0.1, 0.15) is 0 Å². The van der Waals surface area contributed by atoms with Gasteiger partial charge < -0.3 is 28.4 Å². The summed E-state index contributed by atoms with van der Waals surface area (Å²) in [6, 6.07) is 0. The van der Waals surface area contributed by atoms with E-state index in [1.54, 1.807) is 0 Å². The van der Waals surface area contributed by atoms with Gasteiger partial charge >= 0.3 is 0 Å². The molecule has 7 rings (SSSR count). The summed E-state index contributed by atoms with van der Waals surface area (Å²) < 4.78 is 42.3. The van der Waals surface area contributed by atoms with Crippen molar-refractivity contribution in [1.29, 1.82) is 0 Å². The maximum atomic E-state index is 7.05. The van der Waals surface area contributed by atoms with E-state index in [1.165, 1.54) is 369 Å². The Balaban J connectivity index is 1.28. The minimum Gasteiger partial charge on any atom is -0.377 e. The third kappa shape index (κ3) is 25.0. The lowest BCUT2D eigenvalue weighted by Crippen LogP contribution is -2.10. The van der Waals surface area contributed by atoms with Gasteiger partial charge in [-0.25, -0.2) is 0 Å². The van der Waals surface area contributed by atoms with Crippen LogP contribution >= 0.6 is 0 Å². The van der Waals surface area contributed by atoms with Crippen molar-refractivity contribution in [2.75, 3.05) is 39.6 Å². The number of hydrogen-bond donors (Lipinski definition) is 0. The highest BCUT2D eigenvalue weighted by atomic mass is 16.5. The highest BCUT2D eigenvalue weighted by Gasteiger charge is 2.40. The second-order valence-corrected chi connectivity index (χ2v) is 29.7. The Morgan fingerprint density at radius 3 is 0.409 bits per heavy atom. The van der Waals surface area contributed by atoms with E-state index in [4.69, 9.17) is 28.4 Å². The molecule has 0 atom stereocenters. The van der Waals surface area contributed by atoms with E-state index in [0.717, 1.165) is 97.4 Å². The molecule has 0 saturated heterocycles. The molecule has 0 heterocycles. The number of rotatable bonds is 66. The van der Waals surface area contributed by atoms with Crippen LogP contribution in [0.5, 0.6) is 0 Å². The maximum absolute atomic E-state index is 7.05. The summed E-state index contributed by atoms with van der Waals surface area (Å²) in [5, 5.41) is 9.21. The van der Waals surface area contributed by atoms with Crippen LogP contribution < -0.4 is 0 Å². The molecule has 0 N–H and O–H groups in total. The molecular weight excluding hydrogens is 1140 g/mol. The van der Waals surface area contributed by atoms with Gasteiger partial charge in [0.05, 0.1) is 39.6 Å².